The maximum absolute atomic E-state index is 14.0. The highest BCUT2D eigenvalue weighted by atomic mass is 16.5. The summed E-state index contributed by atoms with van der Waals surface area (Å²) in [6.45, 7) is 3.61. The first-order chi connectivity index (χ1) is 20.4. The minimum absolute atomic E-state index is 0.303. The Morgan fingerprint density at radius 1 is 0.714 bits per heavy atom. The van der Waals surface area contributed by atoms with Crippen molar-refractivity contribution in [1.82, 2.24) is 19.6 Å². The molecule has 0 atom stereocenters. The van der Waals surface area contributed by atoms with Crippen LogP contribution in [-0.4, -0.2) is 32.6 Å². The third-order valence-corrected chi connectivity index (χ3v) is 7.35. The van der Waals surface area contributed by atoms with Crippen LogP contribution in [0.2, 0.25) is 0 Å². The van der Waals surface area contributed by atoms with Crippen LogP contribution >= 0.6 is 0 Å². The first-order valence-electron chi connectivity index (χ1n) is 13.4. The highest BCUT2D eigenvalue weighted by Gasteiger charge is 2.33. The second-order valence-electron chi connectivity index (χ2n) is 9.93. The molecule has 42 heavy (non-hydrogen) atoms. The molecule has 6 aromatic rings. The van der Waals surface area contributed by atoms with Crippen molar-refractivity contribution in [3.05, 3.63) is 152 Å². The maximum atomic E-state index is 14.0. The number of ether oxygens (including phenoxy) is 1. The van der Waals surface area contributed by atoms with E-state index in [1.54, 1.807) is 50.2 Å². The standard InChI is InChI=1S/C33H28N4O5/c1-20-28(31(38)36(34-20)22-12-6-4-7-13-22)30(29-21(2)35-37(32(29)39)23-14-8-5-9-15-23)27-19-18-26(42-27)24-16-10-11-17-25(24)33(40)41-3/h4-19,30,34-35H,1-3H3. The molecular formula is C33H28N4O5. The predicted molar refractivity (Wildman–Crippen MR) is 159 cm³/mol. The van der Waals surface area contributed by atoms with E-state index in [-0.39, 0.29) is 11.1 Å². The number of carbonyl (C=O) groups excluding carboxylic acids is 1. The van der Waals surface area contributed by atoms with Gasteiger partial charge in [0.25, 0.3) is 11.1 Å². The number of hydrogen-bond donors (Lipinski definition) is 2. The van der Waals surface area contributed by atoms with Crippen LogP contribution in [0.15, 0.2) is 111 Å². The van der Waals surface area contributed by atoms with Crippen molar-refractivity contribution in [2.24, 2.45) is 0 Å². The number of hydrogen-bond acceptors (Lipinski definition) is 5. The van der Waals surface area contributed by atoms with Gasteiger partial charge >= 0.3 is 5.97 Å². The molecule has 0 aliphatic carbocycles. The summed E-state index contributed by atoms with van der Waals surface area (Å²) in [5.41, 5.74) is 3.53. The Labute approximate surface area is 240 Å². The van der Waals surface area contributed by atoms with Crippen molar-refractivity contribution in [3.8, 4) is 22.7 Å². The molecule has 3 aromatic carbocycles. The van der Waals surface area contributed by atoms with E-state index in [2.05, 4.69) is 10.2 Å². The molecule has 0 bridgehead atoms. The number of nitrogens with zero attached hydrogens (tertiary/aromatic N) is 2. The van der Waals surface area contributed by atoms with E-state index in [4.69, 9.17) is 9.15 Å². The van der Waals surface area contributed by atoms with Gasteiger partial charge in [-0.25, -0.2) is 14.2 Å². The zero-order valence-electron chi connectivity index (χ0n) is 23.3. The van der Waals surface area contributed by atoms with Gasteiger partial charge < -0.3 is 9.15 Å². The normalized spacial score (nSPS) is 11.2. The van der Waals surface area contributed by atoms with E-state index in [0.717, 1.165) is 0 Å². The zero-order valence-corrected chi connectivity index (χ0v) is 23.3. The average molecular weight is 561 g/mol. The second-order valence-corrected chi connectivity index (χ2v) is 9.93. The van der Waals surface area contributed by atoms with Crippen LogP contribution in [0.1, 0.15) is 44.6 Å². The lowest BCUT2D eigenvalue weighted by atomic mass is 9.89. The van der Waals surface area contributed by atoms with E-state index >= 15 is 0 Å². The SMILES string of the molecule is COC(=O)c1ccccc1-c1ccc(C(c2c(C)[nH]n(-c3ccccc3)c2=O)c2c(C)[nH]n(-c3ccccc3)c2=O)o1. The van der Waals surface area contributed by atoms with Crippen LogP contribution < -0.4 is 11.1 Å². The van der Waals surface area contributed by atoms with E-state index in [9.17, 15) is 14.4 Å². The van der Waals surface area contributed by atoms with Crippen LogP contribution in [0.4, 0.5) is 0 Å². The average Bonchev–Trinajstić information content (AvgIpc) is 3.71. The molecule has 9 heteroatoms. The van der Waals surface area contributed by atoms with Gasteiger partial charge in [-0.1, -0.05) is 54.6 Å². The fourth-order valence-corrected chi connectivity index (χ4v) is 5.38. The lowest BCUT2D eigenvalue weighted by molar-refractivity contribution is 0.0601. The second kappa shape index (κ2) is 10.8. The lowest BCUT2D eigenvalue weighted by Gasteiger charge is -2.13. The molecule has 9 nitrogen and oxygen atoms in total. The van der Waals surface area contributed by atoms with Crippen LogP contribution in [0.3, 0.4) is 0 Å². The van der Waals surface area contributed by atoms with Gasteiger partial charge in [0.2, 0.25) is 0 Å². The molecule has 2 N–H and O–H groups in total. The summed E-state index contributed by atoms with van der Waals surface area (Å²) >= 11 is 0. The van der Waals surface area contributed by atoms with E-state index in [1.807, 2.05) is 60.7 Å². The highest BCUT2D eigenvalue weighted by Crippen LogP contribution is 2.36. The Morgan fingerprint density at radius 3 is 1.74 bits per heavy atom. The molecule has 6 rings (SSSR count). The molecule has 210 valence electrons. The number of carbonyl (C=O) groups is 1. The Morgan fingerprint density at radius 2 is 1.21 bits per heavy atom. The van der Waals surface area contributed by atoms with E-state index in [1.165, 1.54) is 16.5 Å². The fraction of sp³-hybridized carbons (Fsp3) is 0.121. The lowest BCUT2D eigenvalue weighted by Crippen LogP contribution is -2.25. The number of aryl methyl sites for hydroxylation is 2. The molecule has 3 aromatic heterocycles. The summed E-state index contributed by atoms with van der Waals surface area (Å²) in [7, 11) is 1.32. The van der Waals surface area contributed by atoms with Crippen LogP contribution in [0, 0.1) is 13.8 Å². The van der Waals surface area contributed by atoms with Gasteiger partial charge in [0.15, 0.2) is 0 Å². The van der Waals surface area contributed by atoms with E-state index in [0.29, 0.717) is 56.5 Å². The number of aromatic amines is 2. The number of nitrogens with one attached hydrogen (secondary N) is 2. The summed E-state index contributed by atoms with van der Waals surface area (Å²) in [4.78, 5) is 40.6. The van der Waals surface area contributed by atoms with Crippen molar-refractivity contribution >= 4 is 5.97 Å². The van der Waals surface area contributed by atoms with Crippen molar-refractivity contribution in [1.29, 1.82) is 0 Å². The summed E-state index contributed by atoms with van der Waals surface area (Å²) in [5, 5.41) is 6.36. The van der Waals surface area contributed by atoms with Gasteiger partial charge in [-0.3, -0.25) is 19.8 Å². The molecule has 0 unspecified atom stereocenters. The van der Waals surface area contributed by atoms with Crippen molar-refractivity contribution in [2.45, 2.75) is 19.8 Å². The van der Waals surface area contributed by atoms with Gasteiger partial charge in [-0.2, -0.15) is 0 Å². The summed E-state index contributed by atoms with van der Waals surface area (Å²) < 4.78 is 14.3. The van der Waals surface area contributed by atoms with Gasteiger partial charge in [-0.05, 0) is 56.3 Å². The predicted octanol–water partition coefficient (Wildman–Crippen LogP) is 5.49. The molecule has 0 aliphatic heterocycles. The summed E-state index contributed by atoms with van der Waals surface area (Å²) in [5.74, 6) is -0.571. The molecule has 0 saturated carbocycles. The molecule has 0 radical (unpaired) electrons. The third kappa shape index (κ3) is 4.50. The van der Waals surface area contributed by atoms with Crippen molar-refractivity contribution in [2.75, 3.05) is 7.11 Å². The number of H-pyrrole nitrogens is 2. The first kappa shape index (κ1) is 26.6. The number of aromatic nitrogens is 4. The van der Waals surface area contributed by atoms with Gasteiger partial charge in [0.05, 0.1) is 41.1 Å². The molecule has 0 fully saturated rings. The summed E-state index contributed by atoms with van der Waals surface area (Å²) in [6, 6.07) is 28.9. The molecule has 0 spiro atoms. The molecule has 0 saturated heterocycles. The van der Waals surface area contributed by atoms with Gasteiger partial charge in [-0.15, -0.1) is 0 Å². The van der Waals surface area contributed by atoms with Gasteiger partial charge in [0, 0.05) is 17.0 Å². The van der Waals surface area contributed by atoms with Gasteiger partial charge in [0.1, 0.15) is 11.5 Å². The number of rotatable bonds is 7. The minimum Gasteiger partial charge on any atom is -0.465 e. The molecule has 3 heterocycles. The third-order valence-electron chi connectivity index (χ3n) is 7.35. The maximum Gasteiger partial charge on any atom is 0.338 e. The highest BCUT2D eigenvalue weighted by molar-refractivity contribution is 5.96. The monoisotopic (exact) mass is 560 g/mol. The zero-order chi connectivity index (χ0) is 29.4. The quantitative estimate of drug-likeness (QED) is 0.251. The fourth-order valence-electron chi connectivity index (χ4n) is 5.38. The largest absolute Gasteiger partial charge is 0.465 e. The Hall–Kier alpha value is -5.57. The molecule has 0 amide bonds. The van der Waals surface area contributed by atoms with Crippen LogP contribution in [-0.2, 0) is 4.74 Å². The van der Waals surface area contributed by atoms with Crippen molar-refractivity contribution in [3.63, 3.8) is 0 Å². The smallest absolute Gasteiger partial charge is 0.338 e. The van der Waals surface area contributed by atoms with Crippen LogP contribution in [0.25, 0.3) is 22.7 Å². The first-order valence-corrected chi connectivity index (χ1v) is 13.4. The topological polar surface area (TPSA) is 115 Å². The number of benzene rings is 3. The number of furan rings is 1. The van der Waals surface area contributed by atoms with E-state index < -0.39 is 11.9 Å². The summed E-state index contributed by atoms with van der Waals surface area (Å²) in [6.07, 6.45) is 0. The molecular weight excluding hydrogens is 532 g/mol. The Balaban J connectivity index is 1.58. The van der Waals surface area contributed by atoms with Crippen LogP contribution in [0.5, 0.6) is 0 Å². The molecule has 0 aliphatic rings. The number of methoxy groups -OCH3 is 1. The Bertz CT molecular complexity index is 1910. The Kier molecular flexibility index (Phi) is 6.84. The minimum atomic E-state index is -0.855. The number of para-hydroxylation sites is 2. The van der Waals surface area contributed by atoms with Crippen molar-refractivity contribution < 1.29 is 13.9 Å². The number of esters is 1.